The maximum absolute atomic E-state index is 12.3. The zero-order chi connectivity index (χ0) is 14.1. The van der Waals surface area contributed by atoms with Crippen molar-refractivity contribution in [2.75, 3.05) is 13.6 Å². The average molecular weight is 272 g/mol. The summed E-state index contributed by atoms with van der Waals surface area (Å²) >= 11 is 0. The lowest BCUT2D eigenvalue weighted by atomic mass is 10.1. The summed E-state index contributed by atoms with van der Waals surface area (Å²) in [6.07, 6.45) is 3.21. The number of carbonyl (C=O) groups excluding carboxylic acids is 1. The van der Waals surface area contributed by atoms with Gasteiger partial charge in [0, 0.05) is 13.6 Å². The molecule has 2 aliphatic rings. The van der Waals surface area contributed by atoms with Crippen LogP contribution >= 0.6 is 0 Å². The van der Waals surface area contributed by atoms with E-state index in [2.05, 4.69) is 4.99 Å². The van der Waals surface area contributed by atoms with E-state index in [1.54, 1.807) is 17.0 Å². The van der Waals surface area contributed by atoms with Crippen molar-refractivity contribution in [3.63, 3.8) is 0 Å². The second-order valence-corrected chi connectivity index (χ2v) is 4.76. The molecule has 104 valence electrons. The number of hydrogen-bond donors (Lipinski definition) is 1. The van der Waals surface area contributed by atoms with E-state index in [0.29, 0.717) is 18.3 Å². The summed E-state index contributed by atoms with van der Waals surface area (Å²) in [5, 5.41) is 0. The van der Waals surface area contributed by atoms with Crippen LogP contribution in [0.25, 0.3) is 0 Å². The van der Waals surface area contributed by atoms with E-state index in [-0.39, 0.29) is 12.2 Å². The molecule has 2 atom stereocenters. The summed E-state index contributed by atoms with van der Waals surface area (Å²) in [5.74, 6) is 0.955. The molecule has 1 aromatic carbocycles. The number of para-hydroxylation sites is 1. The highest BCUT2D eigenvalue weighted by molar-refractivity contribution is 5.82. The number of benzene rings is 1. The zero-order valence-electron chi connectivity index (χ0n) is 11.1. The zero-order valence-corrected chi connectivity index (χ0v) is 11.1. The first kappa shape index (κ1) is 12.5. The fourth-order valence-corrected chi connectivity index (χ4v) is 2.39. The molecule has 2 heterocycles. The number of hydrogen-bond acceptors (Lipinski definition) is 5. The molecule has 0 saturated heterocycles. The third-order valence-corrected chi connectivity index (χ3v) is 3.52. The second kappa shape index (κ2) is 4.88. The van der Waals surface area contributed by atoms with E-state index in [9.17, 15) is 4.79 Å². The van der Waals surface area contributed by atoms with Gasteiger partial charge in [-0.1, -0.05) is 30.4 Å². The molecular weight excluding hydrogens is 256 g/mol. The Balaban J connectivity index is 1.77. The summed E-state index contributed by atoms with van der Waals surface area (Å²) in [6.45, 7) is 0.470. The molecular formula is C14H16N4O2. The molecule has 0 spiro atoms. The molecule has 0 fully saturated rings. The number of amides is 1. The molecule has 1 amide bonds. The van der Waals surface area contributed by atoms with Gasteiger partial charge in [-0.3, -0.25) is 4.90 Å². The number of fused-ring (bicyclic) bond motifs is 1. The largest absolute Gasteiger partial charge is 0.417 e. The number of nitrogens with two attached hydrogens (primary N) is 1. The normalized spacial score (nSPS) is 24.4. The summed E-state index contributed by atoms with van der Waals surface area (Å²) in [5.41, 5.74) is 5.82. The van der Waals surface area contributed by atoms with Crippen molar-refractivity contribution in [3.8, 4) is 5.75 Å². The van der Waals surface area contributed by atoms with Gasteiger partial charge in [0.05, 0.1) is 6.04 Å². The van der Waals surface area contributed by atoms with Crippen LogP contribution in [0.4, 0.5) is 4.79 Å². The predicted octanol–water partition coefficient (Wildman–Crippen LogP) is 1.01. The third-order valence-electron chi connectivity index (χ3n) is 3.52. The fourth-order valence-electron chi connectivity index (χ4n) is 2.39. The van der Waals surface area contributed by atoms with E-state index in [1.165, 1.54) is 0 Å². The Morgan fingerprint density at radius 3 is 2.90 bits per heavy atom. The highest BCUT2D eigenvalue weighted by atomic mass is 16.6. The van der Waals surface area contributed by atoms with Crippen LogP contribution in [-0.2, 0) is 0 Å². The Morgan fingerprint density at radius 2 is 2.15 bits per heavy atom. The van der Waals surface area contributed by atoms with Gasteiger partial charge in [-0.25, -0.2) is 9.79 Å². The molecule has 2 aliphatic heterocycles. The minimum Gasteiger partial charge on any atom is -0.410 e. The molecule has 0 aromatic heterocycles. The minimum atomic E-state index is -0.414. The number of nitrogens with zero attached hydrogens (tertiary/aromatic N) is 3. The van der Waals surface area contributed by atoms with E-state index < -0.39 is 6.09 Å². The summed E-state index contributed by atoms with van der Waals surface area (Å²) < 4.78 is 5.36. The first-order valence-electron chi connectivity index (χ1n) is 6.43. The van der Waals surface area contributed by atoms with E-state index in [0.717, 1.165) is 0 Å². The Bertz CT molecular complexity index is 570. The van der Waals surface area contributed by atoms with Gasteiger partial charge in [0.2, 0.25) is 0 Å². The molecule has 3 rings (SSSR count). The SMILES string of the molecule is CN1C(N)=N[C@@H]2[C@H]1C=CCN2C(=O)Oc1ccccc1. The van der Waals surface area contributed by atoms with Crippen LogP contribution in [0.1, 0.15) is 0 Å². The van der Waals surface area contributed by atoms with Crippen LogP contribution in [0.2, 0.25) is 0 Å². The van der Waals surface area contributed by atoms with E-state index in [1.807, 2.05) is 42.3 Å². The molecule has 0 radical (unpaired) electrons. The molecule has 0 aliphatic carbocycles. The van der Waals surface area contributed by atoms with Gasteiger partial charge in [0.15, 0.2) is 12.1 Å². The van der Waals surface area contributed by atoms with Crippen molar-refractivity contribution in [1.82, 2.24) is 9.80 Å². The fraction of sp³-hybridized carbons (Fsp3) is 0.286. The Labute approximate surface area is 117 Å². The summed E-state index contributed by atoms with van der Waals surface area (Å²) in [7, 11) is 1.86. The number of guanidine groups is 1. The van der Waals surface area contributed by atoms with Gasteiger partial charge >= 0.3 is 6.09 Å². The number of likely N-dealkylation sites (N-methyl/N-ethyl adjacent to an activating group) is 1. The molecule has 0 saturated carbocycles. The standard InChI is InChI=1S/C14H16N4O2/c1-17-11-8-5-9-18(12(11)16-13(17)15)14(19)20-10-6-3-2-4-7-10/h2-8,11-12H,9H2,1H3,(H2,15,16)/t11-,12+/m1/s1. The lowest BCUT2D eigenvalue weighted by Crippen LogP contribution is -2.51. The Morgan fingerprint density at radius 1 is 1.40 bits per heavy atom. The maximum Gasteiger partial charge on any atom is 0.417 e. The van der Waals surface area contributed by atoms with Crippen molar-refractivity contribution < 1.29 is 9.53 Å². The van der Waals surface area contributed by atoms with Gasteiger partial charge in [0.1, 0.15) is 5.75 Å². The second-order valence-electron chi connectivity index (χ2n) is 4.76. The van der Waals surface area contributed by atoms with Crippen molar-refractivity contribution in [2.45, 2.75) is 12.2 Å². The number of carbonyl (C=O) groups is 1. The lowest BCUT2D eigenvalue weighted by Gasteiger charge is -2.33. The van der Waals surface area contributed by atoms with E-state index >= 15 is 0 Å². The van der Waals surface area contributed by atoms with Gasteiger partial charge < -0.3 is 15.4 Å². The predicted molar refractivity (Wildman–Crippen MR) is 75.3 cm³/mol. The van der Waals surface area contributed by atoms with Crippen molar-refractivity contribution in [1.29, 1.82) is 0 Å². The number of rotatable bonds is 1. The Kier molecular flexibility index (Phi) is 3.06. The molecule has 2 N–H and O–H groups in total. The van der Waals surface area contributed by atoms with Crippen LogP contribution in [0.15, 0.2) is 47.5 Å². The topological polar surface area (TPSA) is 71.2 Å². The first-order valence-corrected chi connectivity index (χ1v) is 6.43. The summed E-state index contributed by atoms with van der Waals surface area (Å²) in [4.78, 5) is 20.0. The molecule has 0 unspecified atom stereocenters. The quantitative estimate of drug-likeness (QED) is 0.775. The monoisotopic (exact) mass is 272 g/mol. The van der Waals surface area contributed by atoms with Gasteiger partial charge in [-0.05, 0) is 12.1 Å². The van der Waals surface area contributed by atoms with Crippen LogP contribution < -0.4 is 10.5 Å². The highest BCUT2D eigenvalue weighted by Gasteiger charge is 2.39. The summed E-state index contributed by atoms with van der Waals surface area (Å²) in [6, 6.07) is 8.98. The van der Waals surface area contributed by atoms with Gasteiger partial charge in [-0.2, -0.15) is 0 Å². The Hall–Kier alpha value is -2.50. The van der Waals surface area contributed by atoms with Crippen LogP contribution in [0, 0.1) is 0 Å². The van der Waals surface area contributed by atoms with Crippen LogP contribution in [0.5, 0.6) is 5.75 Å². The number of aliphatic imine (C=N–C) groups is 1. The molecule has 6 nitrogen and oxygen atoms in total. The van der Waals surface area contributed by atoms with Crippen LogP contribution in [-0.4, -0.2) is 47.7 Å². The molecule has 1 aromatic rings. The van der Waals surface area contributed by atoms with Crippen molar-refractivity contribution >= 4 is 12.1 Å². The molecule has 6 heteroatoms. The molecule has 20 heavy (non-hydrogen) atoms. The minimum absolute atomic E-state index is 0.0212. The number of ether oxygens (including phenoxy) is 1. The molecule has 0 bridgehead atoms. The highest BCUT2D eigenvalue weighted by Crippen LogP contribution is 2.24. The average Bonchev–Trinajstić information content (AvgIpc) is 2.75. The van der Waals surface area contributed by atoms with E-state index in [4.69, 9.17) is 10.5 Å². The van der Waals surface area contributed by atoms with Crippen molar-refractivity contribution in [3.05, 3.63) is 42.5 Å². The smallest absolute Gasteiger partial charge is 0.410 e. The van der Waals surface area contributed by atoms with Crippen LogP contribution in [0.3, 0.4) is 0 Å². The van der Waals surface area contributed by atoms with Gasteiger partial charge in [-0.15, -0.1) is 0 Å². The van der Waals surface area contributed by atoms with Gasteiger partial charge in [0.25, 0.3) is 0 Å². The lowest BCUT2D eigenvalue weighted by molar-refractivity contribution is 0.125. The third kappa shape index (κ3) is 2.09. The first-order chi connectivity index (χ1) is 9.66. The maximum atomic E-state index is 12.3. The van der Waals surface area contributed by atoms with Crippen molar-refractivity contribution in [2.24, 2.45) is 10.7 Å².